The van der Waals surface area contributed by atoms with Gasteiger partial charge in [0.15, 0.2) is 0 Å². The van der Waals surface area contributed by atoms with E-state index in [9.17, 15) is 4.79 Å². The Bertz CT molecular complexity index is 278. The molecule has 1 aromatic heterocycles. The van der Waals surface area contributed by atoms with Crippen LogP contribution >= 0.6 is 15.9 Å². The fourth-order valence-electron chi connectivity index (χ4n) is 0.803. The molecule has 4 heteroatoms. The van der Waals surface area contributed by atoms with Crippen molar-refractivity contribution >= 4 is 21.9 Å². The molecule has 3 nitrogen and oxygen atoms in total. The van der Waals surface area contributed by atoms with Crippen molar-refractivity contribution in [2.24, 2.45) is 0 Å². The molecule has 1 rings (SSSR count). The first-order valence-corrected chi connectivity index (χ1v) is 3.75. The van der Waals surface area contributed by atoms with Gasteiger partial charge in [-0.1, -0.05) is 0 Å². The van der Waals surface area contributed by atoms with Gasteiger partial charge in [-0.15, -0.1) is 0 Å². The van der Waals surface area contributed by atoms with Gasteiger partial charge in [0.2, 0.25) is 0 Å². The molecule has 0 saturated carbocycles. The van der Waals surface area contributed by atoms with Crippen LogP contribution in [-0.4, -0.2) is 16.1 Å². The number of rotatable bonds is 1. The lowest BCUT2D eigenvalue weighted by atomic mass is 10.2. The zero-order valence-electron chi connectivity index (χ0n) is 5.84. The van der Waals surface area contributed by atoms with Crippen molar-refractivity contribution in [1.82, 2.24) is 4.98 Å². The molecule has 0 aromatic carbocycles. The maximum Gasteiger partial charge on any atom is 0.337 e. The standard InChI is InChI=1S/C7H6BrNO2/c1-4-2-9-3-5(8)6(4)7(10)11/h2-3H,1H3,(H,10,11). The number of nitrogens with zero attached hydrogens (tertiary/aromatic N) is 1. The number of carbonyl (C=O) groups is 1. The van der Waals surface area contributed by atoms with E-state index in [4.69, 9.17) is 5.11 Å². The largest absolute Gasteiger partial charge is 0.478 e. The Labute approximate surface area is 72.2 Å². The zero-order valence-corrected chi connectivity index (χ0v) is 7.42. The van der Waals surface area contributed by atoms with E-state index in [1.54, 1.807) is 6.92 Å². The quantitative estimate of drug-likeness (QED) is 0.779. The highest BCUT2D eigenvalue weighted by Crippen LogP contribution is 2.17. The number of carboxylic acid groups (broad SMARTS) is 1. The van der Waals surface area contributed by atoms with Gasteiger partial charge in [-0.2, -0.15) is 0 Å². The first-order chi connectivity index (χ1) is 5.13. The molecule has 0 spiro atoms. The highest BCUT2D eigenvalue weighted by atomic mass is 79.9. The normalized spacial score (nSPS) is 9.64. The Kier molecular flexibility index (Phi) is 2.24. The summed E-state index contributed by atoms with van der Waals surface area (Å²) in [5, 5.41) is 8.69. The number of aryl methyl sites for hydroxylation is 1. The molecule has 0 radical (unpaired) electrons. The molecule has 11 heavy (non-hydrogen) atoms. The monoisotopic (exact) mass is 215 g/mol. The van der Waals surface area contributed by atoms with Gasteiger partial charge < -0.3 is 5.11 Å². The molecule has 0 amide bonds. The van der Waals surface area contributed by atoms with Crippen LogP contribution in [0.5, 0.6) is 0 Å². The van der Waals surface area contributed by atoms with Crippen molar-refractivity contribution in [3.8, 4) is 0 Å². The van der Waals surface area contributed by atoms with Gasteiger partial charge in [0.1, 0.15) is 0 Å². The van der Waals surface area contributed by atoms with Gasteiger partial charge in [-0.25, -0.2) is 4.79 Å². The van der Waals surface area contributed by atoms with E-state index in [0.29, 0.717) is 10.0 Å². The van der Waals surface area contributed by atoms with Gasteiger partial charge in [-0.3, -0.25) is 4.98 Å². The molecule has 0 bridgehead atoms. The maximum absolute atomic E-state index is 10.6. The van der Waals surface area contributed by atoms with Gasteiger partial charge >= 0.3 is 5.97 Å². The van der Waals surface area contributed by atoms with E-state index < -0.39 is 5.97 Å². The predicted octanol–water partition coefficient (Wildman–Crippen LogP) is 1.85. The first-order valence-electron chi connectivity index (χ1n) is 2.96. The van der Waals surface area contributed by atoms with Crippen LogP contribution in [0.4, 0.5) is 0 Å². The summed E-state index contributed by atoms with van der Waals surface area (Å²) in [6, 6.07) is 0. The van der Waals surface area contributed by atoms with E-state index >= 15 is 0 Å². The number of carboxylic acids is 1. The Hall–Kier alpha value is -0.900. The third-order valence-electron chi connectivity index (χ3n) is 1.30. The van der Waals surface area contributed by atoms with Crippen LogP contribution in [0.15, 0.2) is 16.9 Å². The second-order valence-electron chi connectivity index (χ2n) is 2.12. The van der Waals surface area contributed by atoms with E-state index in [1.807, 2.05) is 0 Å². The maximum atomic E-state index is 10.6. The topological polar surface area (TPSA) is 50.2 Å². The summed E-state index contributed by atoms with van der Waals surface area (Å²) in [4.78, 5) is 14.4. The van der Waals surface area contributed by atoms with Crippen LogP contribution in [-0.2, 0) is 0 Å². The zero-order chi connectivity index (χ0) is 8.43. The van der Waals surface area contributed by atoms with Gasteiger partial charge in [0.05, 0.1) is 10.0 Å². The Balaban J connectivity index is 3.32. The average molecular weight is 216 g/mol. The molecular weight excluding hydrogens is 210 g/mol. The highest BCUT2D eigenvalue weighted by molar-refractivity contribution is 9.10. The number of hydrogen-bond donors (Lipinski definition) is 1. The third-order valence-corrected chi connectivity index (χ3v) is 1.90. The number of hydrogen-bond acceptors (Lipinski definition) is 2. The van der Waals surface area contributed by atoms with Crippen molar-refractivity contribution in [3.05, 3.63) is 28.0 Å². The number of halogens is 1. The molecule has 0 aliphatic rings. The minimum absolute atomic E-state index is 0.278. The lowest BCUT2D eigenvalue weighted by molar-refractivity contribution is 0.0695. The van der Waals surface area contributed by atoms with E-state index in [-0.39, 0.29) is 5.56 Å². The molecule has 0 fully saturated rings. The molecule has 1 heterocycles. The smallest absolute Gasteiger partial charge is 0.337 e. The Morgan fingerprint density at radius 1 is 1.64 bits per heavy atom. The fraction of sp³-hybridized carbons (Fsp3) is 0.143. The molecule has 0 saturated heterocycles. The van der Waals surface area contributed by atoms with Gasteiger partial charge in [-0.05, 0) is 28.4 Å². The molecule has 58 valence electrons. The molecular formula is C7H6BrNO2. The van der Waals surface area contributed by atoms with E-state index in [1.165, 1.54) is 12.4 Å². The molecule has 0 aliphatic carbocycles. The Morgan fingerprint density at radius 2 is 2.27 bits per heavy atom. The SMILES string of the molecule is Cc1cncc(Br)c1C(=O)O. The average Bonchev–Trinajstić information content (AvgIpc) is 1.85. The van der Waals surface area contributed by atoms with Crippen LogP contribution < -0.4 is 0 Å². The molecule has 1 N–H and O–H groups in total. The second-order valence-corrected chi connectivity index (χ2v) is 2.97. The highest BCUT2D eigenvalue weighted by Gasteiger charge is 2.10. The van der Waals surface area contributed by atoms with Crippen LogP contribution in [0.2, 0.25) is 0 Å². The van der Waals surface area contributed by atoms with Crippen molar-refractivity contribution in [2.45, 2.75) is 6.92 Å². The number of pyridine rings is 1. The fourth-order valence-corrected chi connectivity index (χ4v) is 1.40. The molecule has 0 aliphatic heterocycles. The van der Waals surface area contributed by atoms with Gasteiger partial charge in [0.25, 0.3) is 0 Å². The lowest BCUT2D eigenvalue weighted by Crippen LogP contribution is -2.01. The second kappa shape index (κ2) is 3.00. The third kappa shape index (κ3) is 1.57. The predicted molar refractivity (Wildman–Crippen MR) is 43.6 cm³/mol. The molecule has 0 atom stereocenters. The van der Waals surface area contributed by atoms with Crippen molar-refractivity contribution in [2.75, 3.05) is 0 Å². The van der Waals surface area contributed by atoms with Gasteiger partial charge in [0, 0.05) is 12.4 Å². The van der Waals surface area contributed by atoms with Crippen molar-refractivity contribution < 1.29 is 9.90 Å². The van der Waals surface area contributed by atoms with E-state index in [2.05, 4.69) is 20.9 Å². The minimum atomic E-state index is -0.934. The lowest BCUT2D eigenvalue weighted by Gasteiger charge is -2.00. The molecule has 0 unspecified atom stereocenters. The van der Waals surface area contributed by atoms with Crippen molar-refractivity contribution in [1.29, 1.82) is 0 Å². The van der Waals surface area contributed by atoms with Crippen LogP contribution in [0.1, 0.15) is 15.9 Å². The summed E-state index contributed by atoms with van der Waals surface area (Å²) in [6.07, 6.45) is 2.99. The summed E-state index contributed by atoms with van der Waals surface area (Å²) in [5.41, 5.74) is 0.937. The summed E-state index contributed by atoms with van der Waals surface area (Å²) in [5.74, 6) is -0.934. The molecule has 1 aromatic rings. The van der Waals surface area contributed by atoms with E-state index in [0.717, 1.165) is 0 Å². The van der Waals surface area contributed by atoms with Crippen LogP contribution in [0.25, 0.3) is 0 Å². The summed E-state index contributed by atoms with van der Waals surface area (Å²) < 4.78 is 0.519. The summed E-state index contributed by atoms with van der Waals surface area (Å²) in [7, 11) is 0. The minimum Gasteiger partial charge on any atom is -0.478 e. The van der Waals surface area contributed by atoms with Crippen LogP contribution in [0, 0.1) is 6.92 Å². The summed E-state index contributed by atoms with van der Waals surface area (Å²) in [6.45, 7) is 1.71. The van der Waals surface area contributed by atoms with Crippen molar-refractivity contribution in [3.63, 3.8) is 0 Å². The Morgan fingerprint density at radius 3 is 2.64 bits per heavy atom. The number of aromatic nitrogens is 1. The number of aromatic carboxylic acids is 1. The van der Waals surface area contributed by atoms with Crippen LogP contribution in [0.3, 0.4) is 0 Å². The summed E-state index contributed by atoms with van der Waals surface area (Å²) >= 11 is 3.10. The first kappa shape index (κ1) is 8.20.